The van der Waals surface area contributed by atoms with Crippen LogP contribution in [-0.4, -0.2) is 19.4 Å². The summed E-state index contributed by atoms with van der Waals surface area (Å²) in [5.41, 5.74) is 1.47. The normalized spacial score (nSPS) is 11.3. The number of benzene rings is 1. The molecule has 1 heterocycles. The molecule has 2 N–H and O–H groups in total. The lowest BCUT2D eigenvalue weighted by Gasteiger charge is -2.11. The summed E-state index contributed by atoms with van der Waals surface area (Å²) >= 11 is 0. The summed E-state index contributed by atoms with van der Waals surface area (Å²) in [5, 5.41) is 3.24. The Morgan fingerprint density at radius 3 is 2.25 bits per heavy atom. The monoisotopic (exact) mass is 291 g/mol. The Kier molecular flexibility index (Phi) is 4.24. The number of hydrogen-bond donors (Lipinski definition) is 2. The van der Waals surface area contributed by atoms with Gasteiger partial charge in [0.25, 0.3) is 10.0 Å². The molecule has 5 nitrogen and oxygen atoms in total. The van der Waals surface area contributed by atoms with Gasteiger partial charge in [-0.2, -0.15) is 0 Å². The molecule has 6 heteroatoms. The lowest BCUT2D eigenvalue weighted by atomic mass is 10.2. The van der Waals surface area contributed by atoms with Gasteiger partial charge in [0.15, 0.2) is 0 Å². The van der Waals surface area contributed by atoms with E-state index in [1.54, 1.807) is 18.2 Å². The number of sulfonamides is 1. The summed E-state index contributed by atoms with van der Waals surface area (Å²) in [4.78, 5) is 3.95. The van der Waals surface area contributed by atoms with E-state index in [0.717, 1.165) is 5.69 Å². The number of aromatic nitrogens is 1. The molecule has 2 rings (SSSR count). The molecule has 0 atom stereocenters. The lowest BCUT2D eigenvalue weighted by molar-refractivity contribution is 0.601. The molecule has 0 radical (unpaired) electrons. The van der Waals surface area contributed by atoms with Gasteiger partial charge in [-0.1, -0.05) is 0 Å². The highest BCUT2D eigenvalue weighted by atomic mass is 32.2. The minimum Gasteiger partial charge on any atom is -0.383 e. The van der Waals surface area contributed by atoms with E-state index in [-0.39, 0.29) is 4.90 Å². The molecule has 0 bridgehead atoms. The molecule has 1 aromatic carbocycles. The van der Waals surface area contributed by atoms with E-state index in [1.165, 1.54) is 18.5 Å². The van der Waals surface area contributed by atoms with Crippen molar-refractivity contribution in [1.82, 2.24) is 4.98 Å². The number of hydrogen-bond acceptors (Lipinski definition) is 4. The molecule has 0 saturated carbocycles. The Labute approximate surface area is 119 Å². The van der Waals surface area contributed by atoms with Crippen molar-refractivity contribution in [3.63, 3.8) is 0 Å². The molecule has 0 fully saturated rings. The third kappa shape index (κ3) is 3.71. The fourth-order valence-electron chi connectivity index (χ4n) is 1.69. The fourth-order valence-corrected chi connectivity index (χ4v) is 2.71. The molecule has 2 aromatic rings. The van der Waals surface area contributed by atoms with Crippen LogP contribution in [0.25, 0.3) is 0 Å². The third-order valence-electron chi connectivity index (χ3n) is 2.54. The first kappa shape index (κ1) is 14.3. The third-order valence-corrected chi connectivity index (χ3v) is 3.90. The summed E-state index contributed by atoms with van der Waals surface area (Å²) in [6.45, 7) is 4.08. The maximum atomic E-state index is 12.1. The number of nitrogens with zero attached hydrogens (tertiary/aromatic N) is 1. The first-order chi connectivity index (χ1) is 9.47. The number of pyridine rings is 1. The summed E-state index contributed by atoms with van der Waals surface area (Å²) in [7, 11) is -3.58. The molecule has 0 aliphatic rings. The van der Waals surface area contributed by atoms with Crippen molar-refractivity contribution < 1.29 is 8.42 Å². The van der Waals surface area contributed by atoms with Gasteiger partial charge in [0, 0.05) is 29.8 Å². The fraction of sp³-hybridized carbons (Fsp3) is 0.214. The summed E-state index contributed by atoms with van der Waals surface area (Å²) in [5.74, 6) is 0. The van der Waals surface area contributed by atoms with Crippen LogP contribution >= 0.6 is 0 Å². The van der Waals surface area contributed by atoms with Crippen molar-refractivity contribution in [3.05, 3.63) is 48.8 Å². The van der Waals surface area contributed by atoms with Crippen LogP contribution in [0.3, 0.4) is 0 Å². The van der Waals surface area contributed by atoms with E-state index in [1.807, 2.05) is 26.0 Å². The average molecular weight is 291 g/mol. The number of nitrogens with one attached hydrogen (secondary N) is 2. The minimum absolute atomic E-state index is 0.143. The quantitative estimate of drug-likeness (QED) is 0.888. The first-order valence-electron chi connectivity index (χ1n) is 6.27. The van der Waals surface area contributed by atoms with Crippen LogP contribution in [0.15, 0.2) is 53.7 Å². The molecule has 0 aliphatic carbocycles. The van der Waals surface area contributed by atoms with E-state index >= 15 is 0 Å². The second kappa shape index (κ2) is 5.92. The van der Waals surface area contributed by atoms with E-state index in [0.29, 0.717) is 11.7 Å². The highest BCUT2D eigenvalue weighted by molar-refractivity contribution is 7.92. The van der Waals surface area contributed by atoms with Crippen molar-refractivity contribution in [2.24, 2.45) is 0 Å². The predicted octanol–water partition coefficient (Wildman–Crippen LogP) is 2.70. The van der Waals surface area contributed by atoms with Gasteiger partial charge in [0.2, 0.25) is 0 Å². The highest BCUT2D eigenvalue weighted by Gasteiger charge is 2.13. The Bertz CT molecular complexity index is 653. The molecule has 0 spiro atoms. The van der Waals surface area contributed by atoms with Crippen molar-refractivity contribution >= 4 is 21.4 Å². The maximum Gasteiger partial charge on any atom is 0.263 e. The summed E-state index contributed by atoms with van der Waals surface area (Å²) < 4.78 is 26.7. The second-order valence-corrected chi connectivity index (χ2v) is 6.35. The molecule has 1 aromatic heterocycles. The minimum atomic E-state index is -3.58. The van der Waals surface area contributed by atoms with Crippen molar-refractivity contribution in [1.29, 1.82) is 0 Å². The smallest absolute Gasteiger partial charge is 0.263 e. The summed E-state index contributed by atoms with van der Waals surface area (Å²) in [6, 6.07) is 10.5. The Morgan fingerprint density at radius 1 is 1.05 bits per heavy atom. The van der Waals surface area contributed by atoms with Gasteiger partial charge in [-0.25, -0.2) is 8.42 Å². The van der Waals surface area contributed by atoms with Gasteiger partial charge in [-0.05, 0) is 50.2 Å². The average Bonchev–Trinajstić information content (AvgIpc) is 2.41. The summed E-state index contributed by atoms with van der Waals surface area (Å²) in [6.07, 6.45) is 2.85. The zero-order valence-electron chi connectivity index (χ0n) is 11.4. The van der Waals surface area contributed by atoms with E-state index in [9.17, 15) is 8.42 Å². The van der Waals surface area contributed by atoms with Crippen molar-refractivity contribution in [2.45, 2.75) is 24.8 Å². The first-order valence-corrected chi connectivity index (χ1v) is 7.75. The Morgan fingerprint density at radius 2 is 1.70 bits per heavy atom. The van der Waals surface area contributed by atoms with Crippen LogP contribution < -0.4 is 10.0 Å². The maximum absolute atomic E-state index is 12.1. The standard InChI is InChI=1S/C14H17N3O2S/c1-11(2)16-12-5-7-13(8-6-12)17-20(18,19)14-4-3-9-15-10-14/h3-11,16-17H,1-2H3. The van der Waals surface area contributed by atoms with Gasteiger partial charge >= 0.3 is 0 Å². The Balaban J connectivity index is 2.14. The lowest BCUT2D eigenvalue weighted by Crippen LogP contribution is -2.13. The molecule has 0 saturated heterocycles. The van der Waals surface area contributed by atoms with Gasteiger partial charge in [0.1, 0.15) is 4.90 Å². The molecular weight excluding hydrogens is 274 g/mol. The molecule has 0 unspecified atom stereocenters. The van der Waals surface area contributed by atoms with E-state index in [2.05, 4.69) is 15.0 Å². The molecule has 0 amide bonds. The molecule has 0 aliphatic heterocycles. The van der Waals surface area contributed by atoms with E-state index in [4.69, 9.17) is 0 Å². The van der Waals surface area contributed by atoms with Crippen LogP contribution in [-0.2, 0) is 10.0 Å². The van der Waals surface area contributed by atoms with Gasteiger partial charge in [-0.3, -0.25) is 9.71 Å². The Hall–Kier alpha value is -2.08. The zero-order valence-corrected chi connectivity index (χ0v) is 12.2. The van der Waals surface area contributed by atoms with Crippen LogP contribution in [0, 0.1) is 0 Å². The van der Waals surface area contributed by atoms with Crippen molar-refractivity contribution in [2.75, 3.05) is 10.0 Å². The molecular formula is C14H17N3O2S. The van der Waals surface area contributed by atoms with E-state index < -0.39 is 10.0 Å². The van der Waals surface area contributed by atoms with Crippen LogP contribution in [0.4, 0.5) is 11.4 Å². The van der Waals surface area contributed by atoms with Gasteiger partial charge in [0.05, 0.1) is 0 Å². The molecule has 106 valence electrons. The van der Waals surface area contributed by atoms with Crippen molar-refractivity contribution in [3.8, 4) is 0 Å². The largest absolute Gasteiger partial charge is 0.383 e. The SMILES string of the molecule is CC(C)Nc1ccc(NS(=O)(=O)c2cccnc2)cc1. The second-order valence-electron chi connectivity index (χ2n) is 4.67. The molecule has 20 heavy (non-hydrogen) atoms. The van der Waals surface area contributed by atoms with Gasteiger partial charge < -0.3 is 5.32 Å². The van der Waals surface area contributed by atoms with Crippen LogP contribution in [0.2, 0.25) is 0 Å². The van der Waals surface area contributed by atoms with Crippen LogP contribution in [0.5, 0.6) is 0 Å². The van der Waals surface area contributed by atoms with Gasteiger partial charge in [-0.15, -0.1) is 0 Å². The predicted molar refractivity (Wildman–Crippen MR) is 80.2 cm³/mol. The highest BCUT2D eigenvalue weighted by Crippen LogP contribution is 2.18. The number of anilines is 2. The van der Waals surface area contributed by atoms with Crippen LogP contribution in [0.1, 0.15) is 13.8 Å². The number of rotatable bonds is 5. The topological polar surface area (TPSA) is 71.1 Å². The zero-order chi connectivity index (χ0) is 14.6.